The van der Waals surface area contributed by atoms with Crippen molar-refractivity contribution in [3.8, 4) is 0 Å². The molecule has 0 atom stereocenters. The molecule has 2 nitrogen and oxygen atoms in total. The van der Waals surface area contributed by atoms with Crippen LogP contribution in [0, 0.1) is 0 Å². The molecule has 0 bridgehead atoms. The van der Waals surface area contributed by atoms with Crippen LogP contribution in [0.15, 0.2) is 23.1 Å². The molecule has 1 aromatic rings. The van der Waals surface area contributed by atoms with E-state index in [4.69, 9.17) is 0 Å². The first-order valence-electron chi connectivity index (χ1n) is 6.19. The zero-order valence-electron chi connectivity index (χ0n) is 10.5. The minimum atomic E-state index is 0.192. The summed E-state index contributed by atoms with van der Waals surface area (Å²) in [6, 6.07) is 6.49. The van der Waals surface area contributed by atoms with Crippen LogP contribution in [-0.4, -0.2) is 24.1 Å². The molecule has 0 fully saturated rings. The topological polar surface area (TPSA) is 29.1 Å². The van der Waals surface area contributed by atoms with Gasteiger partial charge in [0.25, 0.3) is 0 Å². The van der Waals surface area contributed by atoms with E-state index in [1.54, 1.807) is 0 Å². The van der Waals surface area contributed by atoms with E-state index in [1.165, 1.54) is 22.6 Å². The molecular formula is C14H19NOS. The van der Waals surface area contributed by atoms with Crippen LogP contribution in [0.3, 0.4) is 0 Å². The molecule has 0 unspecified atom stereocenters. The van der Waals surface area contributed by atoms with E-state index in [1.807, 2.05) is 17.8 Å². The van der Waals surface area contributed by atoms with Gasteiger partial charge < -0.3 is 5.32 Å². The number of fused-ring (bicyclic) bond motifs is 1. The first-order chi connectivity index (χ1) is 8.16. The average Bonchev–Trinajstić information content (AvgIpc) is 2.35. The van der Waals surface area contributed by atoms with Crippen molar-refractivity contribution in [1.82, 2.24) is 5.32 Å². The largest absolute Gasteiger partial charge is 0.307 e. The number of hydrogen-bond acceptors (Lipinski definition) is 3. The van der Waals surface area contributed by atoms with Crippen LogP contribution in [0.5, 0.6) is 0 Å². The number of rotatable bonds is 4. The minimum Gasteiger partial charge on any atom is -0.307 e. The van der Waals surface area contributed by atoms with Gasteiger partial charge in [0, 0.05) is 16.5 Å². The van der Waals surface area contributed by atoms with Crippen LogP contribution in [-0.2, 0) is 6.42 Å². The van der Waals surface area contributed by atoms with Crippen molar-refractivity contribution in [3.05, 3.63) is 29.3 Å². The predicted molar refractivity (Wildman–Crippen MR) is 73.0 cm³/mol. The quantitative estimate of drug-likeness (QED) is 0.832. The van der Waals surface area contributed by atoms with E-state index in [9.17, 15) is 4.79 Å². The molecule has 1 aromatic carbocycles. The van der Waals surface area contributed by atoms with E-state index in [2.05, 4.69) is 31.3 Å². The number of ketones is 1. The van der Waals surface area contributed by atoms with Gasteiger partial charge in [-0.2, -0.15) is 0 Å². The third-order valence-corrected chi connectivity index (χ3v) is 4.10. The molecule has 1 aliphatic rings. The van der Waals surface area contributed by atoms with E-state index in [0.717, 1.165) is 12.0 Å². The lowest BCUT2D eigenvalue weighted by atomic mass is 10.0. The van der Waals surface area contributed by atoms with Crippen LogP contribution in [0.1, 0.15) is 36.2 Å². The smallest absolute Gasteiger partial charge is 0.176 e. The summed E-state index contributed by atoms with van der Waals surface area (Å²) >= 11 is 1.90. The third kappa shape index (κ3) is 3.33. The third-order valence-electron chi connectivity index (χ3n) is 2.90. The second-order valence-corrected chi connectivity index (χ2v) is 5.87. The monoisotopic (exact) mass is 249 g/mol. The average molecular weight is 249 g/mol. The predicted octanol–water partition coefficient (Wildman–Crippen LogP) is 2.91. The molecule has 1 aliphatic heterocycles. The van der Waals surface area contributed by atoms with Gasteiger partial charge in [-0.15, -0.1) is 11.8 Å². The van der Waals surface area contributed by atoms with Gasteiger partial charge in [0.2, 0.25) is 0 Å². The minimum absolute atomic E-state index is 0.192. The van der Waals surface area contributed by atoms with Gasteiger partial charge in [-0.05, 0) is 36.3 Å². The second kappa shape index (κ2) is 5.69. The van der Waals surface area contributed by atoms with E-state index < -0.39 is 0 Å². The summed E-state index contributed by atoms with van der Waals surface area (Å²) in [7, 11) is 0. The number of benzene rings is 1. The van der Waals surface area contributed by atoms with Gasteiger partial charge in [0.15, 0.2) is 5.78 Å². The molecular weight excluding hydrogens is 230 g/mol. The second-order valence-electron chi connectivity index (χ2n) is 4.73. The number of nitrogens with one attached hydrogen (secondary N) is 1. The Morgan fingerprint density at radius 2 is 2.29 bits per heavy atom. The molecule has 0 spiro atoms. The summed E-state index contributed by atoms with van der Waals surface area (Å²) in [5, 5.41) is 3.17. The number of Topliss-reactive ketones (excluding diaryl/α,β-unsaturated/α-hetero) is 1. The number of aryl methyl sites for hydroxylation is 1. The lowest BCUT2D eigenvalue weighted by molar-refractivity contribution is 0.0988. The molecule has 0 aromatic heterocycles. The van der Waals surface area contributed by atoms with Crippen LogP contribution in [0.25, 0.3) is 0 Å². The Labute approximate surface area is 107 Å². The van der Waals surface area contributed by atoms with Crippen molar-refractivity contribution >= 4 is 17.5 Å². The zero-order valence-corrected chi connectivity index (χ0v) is 11.3. The molecule has 17 heavy (non-hydrogen) atoms. The van der Waals surface area contributed by atoms with E-state index >= 15 is 0 Å². The summed E-state index contributed by atoms with van der Waals surface area (Å²) in [6.07, 6.45) is 2.33. The van der Waals surface area contributed by atoms with Gasteiger partial charge >= 0.3 is 0 Å². The molecule has 0 radical (unpaired) electrons. The van der Waals surface area contributed by atoms with Crippen molar-refractivity contribution in [2.45, 2.75) is 37.6 Å². The fourth-order valence-corrected chi connectivity index (χ4v) is 2.95. The molecule has 0 amide bonds. The summed E-state index contributed by atoms with van der Waals surface area (Å²) in [5.74, 6) is 1.40. The van der Waals surface area contributed by atoms with E-state index in [0.29, 0.717) is 12.6 Å². The van der Waals surface area contributed by atoms with Crippen molar-refractivity contribution in [2.24, 2.45) is 0 Å². The maximum atomic E-state index is 12.0. The summed E-state index contributed by atoms with van der Waals surface area (Å²) in [5.41, 5.74) is 2.19. The van der Waals surface area contributed by atoms with Crippen molar-refractivity contribution in [2.75, 3.05) is 12.3 Å². The first kappa shape index (κ1) is 12.7. The van der Waals surface area contributed by atoms with Crippen molar-refractivity contribution in [1.29, 1.82) is 0 Å². The Morgan fingerprint density at radius 3 is 3.06 bits per heavy atom. The zero-order chi connectivity index (χ0) is 12.3. The Morgan fingerprint density at radius 1 is 1.47 bits per heavy atom. The van der Waals surface area contributed by atoms with Gasteiger partial charge in [0.05, 0.1) is 6.54 Å². The van der Waals surface area contributed by atoms with Gasteiger partial charge in [-0.25, -0.2) is 0 Å². The molecule has 1 heterocycles. The maximum Gasteiger partial charge on any atom is 0.176 e. The van der Waals surface area contributed by atoms with Crippen LogP contribution in [0.2, 0.25) is 0 Å². The number of thioether (sulfide) groups is 1. The molecule has 0 saturated carbocycles. The summed E-state index contributed by atoms with van der Waals surface area (Å²) in [6.45, 7) is 4.54. The fourth-order valence-electron chi connectivity index (χ4n) is 1.93. The SMILES string of the molecule is CC(C)NCC(=O)c1ccc2c(c1)CCCS2. The Hall–Kier alpha value is -0.800. The number of carbonyl (C=O) groups excluding carboxylic acids is 1. The van der Waals surface area contributed by atoms with Gasteiger partial charge in [-0.3, -0.25) is 4.79 Å². The standard InChI is InChI=1S/C14H19NOS/c1-10(2)15-9-13(16)11-5-6-14-12(8-11)4-3-7-17-14/h5-6,8,10,15H,3-4,7,9H2,1-2H3. The van der Waals surface area contributed by atoms with Gasteiger partial charge in [-0.1, -0.05) is 19.9 Å². The molecule has 1 N–H and O–H groups in total. The normalized spacial score (nSPS) is 14.8. The molecule has 2 rings (SSSR count). The van der Waals surface area contributed by atoms with Crippen LogP contribution < -0.4 is 5.32 Å². The highest BCUT2D eigenvalue weighted by atomic mass is 32.2. The number of hydrogen-bond donors (Lipinski definition) is 1. The van der Waals surface area contributed by atoms with Crippen molar-refractivity contribution in [3.63, 3.8) is 0 Å². The van der Waals surface area contributed by atoms with Crippen molar-refractivity contribution < 1.29 is 4.79 Å². The fraction of sp³-hybridized carbons (Fsp3) is 0.500. The Kier molecular flexibility index (Phi) is 4.24. The molecule has 0 aliphatic carbocycles. The lowest BCUT2D eigenvalue weighted by Crippen LogP contribution is -2.29. The molecule has 92 valence electrons. The number of carbonyl (C=O) groups is 1. The van der Waals surface area contributed by atoms with E-state index in [-0.39, 0.29) is 5.78 Å². The summed E-state index contributed by atoms with van der Waals surface area (Å²) in [4.78, 5) is 13.3. The highest BCUT2D eigenvalue weighted by Crippen LogP contribution is 2.30. The highest BCUT2D eigenvalue weighted by Gasteiger charge is 2.13. The van der Waals surface area contributed by atoms with Gasteiger partial charge in [0.1, 0.15) is 0 Å². The highest BCUT2D eigenvalue weighted by molar-refractivity contribution is 7.99. The van der Waals surface area contributed by atoms with Crippen LogP contribution >= 0.6 is 11.8 Å². The Bertz CT molecular complexity index is 415. The summed E-state index contributed by atoms with van der Waals surface area (Å²) < 4.78 is 0. The molecule has 3 heteroatoms. The van der Waals surface area contributed by atoms with Crippen LogP contribution in [0.4, 0.5) is 0 Å². The first-order valence-corrected chi connectivity index (χ1v) is 7.17. The Balaban J connectivity index is 2.08. The maximum absolute atomic E-state index is 12.0. The molecule has 0 saturated heterocycles. The lowest BCUT2D eigenvalue weighted by Gasteiger charge is -2.16.